The third-order valence-corrected chi connectivity index (χ3v) is 3.35. The first-order chi connectivity index (χ1) is 8.34. The van der Waals surface area contributed by atoms with Crippen molar-refractivity contribution in [2.24, 2.45) is 11.1 Å². The standard InChI is InChI=1S/C11H19N3O3S/c1-8(7-17-2)6-14-11-4-3-9(5-10(11)12)18(13,15)16/h3-5,8,14H,6-7,12H2,1-2H3,(H2,13,15,16). The van der Waals surface area contributed by atoms with Crippen LogP contribution in [0.25, 0.3) is 0 Å². The van der Waals surface area contributed by atoms with Gasteiger partial charge in [-0.25, -0.2) is 13.6 Å². The number of nitrogens with one attached hydrogen (secondary N) is 1. The van der Waals surface area contributed by atoms with Crippen molar-refractivity contribution >= 4 is 21.4 Å². The molecule has 6 nitrogen and oxygen atoms in total. The maximum absolute atomic E-state index is 11.1. The van der Waals surface area contributed by atoms with Gasteiger partial charge < -0.3 is 15.8 Å². The van der Waals surface area contributed by atoms with E-state index in [0.29, 0.717) is 30.4 Å². The zero-order valence-corrected chi connectivity index (χ0v) is 11.3. The first-order valence-electron chi connectivity index (χ1n) is 5.49. The number of nitrogens with two attached hydrogens (primary N) is 2. The summed E-state index contributed by atoms with van der Waals surface area (Å²) in [6.45, 7) is 3.36. The van der Waals surface area contributed by atoms with Crippen molar-refractivity contribution < 1.29 is 13.2 Å². The Kier molecular flexibility index (Phi) is 4.94. The van der Waals surface area contributed by atoms with Crippen LogP contribution in [-0.4, -0.2) is 28.7 Å². The Balaban J connectivity index is 2.75. The lowest BCUT2D eigenvalue weighted by Crippen LogP contribution is -2.17. The average molecular weight is 273 g/mol. The number of methoxy groups -OCH3 is 1. The van der Waals surface area contributed by atoms with E-state index in [2.05, 4.69) is 5.32 Å². The number of sulfonamides is 1. The van der Waals surface area contributed by atoms with E-state index in [1.165, 1.54) is 12.1 Å². The summed E-state index contributed by atoms with van der Waals surface area (Å²) in [7, 11) is -2.07. The average Bonchev–Trinajstić information content (AvgIpc) is 2.26. The number of ether oxygens (including phenoxy) is 1. The lowest BCUT2D eigenvalue weighted by molar-refractivity contribution is 0.164. The number of primary sulfonamides is 1. The lowest BCUT2D eigenvalue weighted by atomic mass is 10.2. The van der Waals surface area contributed by atoms with Crippen LogP contribution in [0.1, 0.15) is 6.92 Å². The fourth-order valence-electron chi connectivity index (χ4n) is 1.51. The molecule has 0 fully saturated rings. The van der Waals surface area contributed by atoms with Crippen molar-refractivity contribution in [3.8, 4) is 0 Å². The van der Waals surface area contributed by atoms with E-state index in [1.807, 2.05) is 6.92 Å². The highest BCUT2D eigenvalue weighted by atomic mass is 32.2. The van der Waals surface area contributed by atoms with Crippen LogP contribution in [-0.2, 0) is 14.8 Å². The van der Waals surface area contributed by atoms with Crippen molar-refractivity contribution in [2.75, 3.05) is 31.3 Å². The van der Waals surface area contributed by atoms with E-state index in [1.54, 1.807) is 13.2 Å². The normalized spacial score (nSPS) is 13.3. The van der Waals surface area contributed by atoms with E-state index < -0.39 is 10.0 Å². The molecule has 5 N–H and O–H groups in total. The minimum absolute atomic E-state index is 0.00971. The summed E-state index contributed by atoms with van der Waals surface area (Å²) < 4.78 is 27.3. The molecule has 102 valence electrons. The monoisotopic (exact) mass is 273 g/mol. The number of benzene rings is 1. The zero-order valence-electron chi connectivity index (χ0n) is 10.5. The van der Waals surface area contributed by atoms with Crippen LogP contribution in [0.3, 0.4) is 0 Å². The number of rotatable bonds is 6. The van der Waals surface area contributed by atoms with E-state index in [4.69, 9.17) is 15.6 Å². The molecule has 0 aliphatic rings. The predicted octanol–water partition coefficient (Wildman–Crippen LogP) is 0.611. The highest BCUT2D eigenvalue weighted by Crippen LogP contribution is 2.22. The third kappa shape index (κ3) is 4.17. The first kappa shape index (κ1) is 14.7. The summed E-state index contributed by atoms with van der Waals surface area (Å²) in [5.41, 5.74) is 6.80. The fourth-order valence-corrected chi connectivity index (χ4v) is 2.06. The van der Waals surface area contributed by atoms with Gasteiger partial charge in [0.15, 0.2) is 0 Å². The van der Waals surface area contributed by atoms with Crippen molar-refractivity contribution in [1.82, 2.24) is 0 Å². The molecule has 0 heterocycles. The van der Waals surface area contributed by atoms with Gasteiger partial charge in [-0.15, -0.1) is 0 Å². The summed E-state index contributed by atoms with van der Waals surface area (Å²) in [6.07, 6.45) is 0. The van der Waals surface area contributed by atoms with Gasteiger partial charge in [0.25, 0.3) is 0 Å². The maximum Gasteiger partial charge on any atom is 0.238 e. The molecule has 1 unspecified atom stereocenters. The van der Waals surface area contributed by atoms with Gasteiger partial charge in [-0.2, -0.15) is 0 Å². The Labute approximate surface area is 107 Å². The van der Waals surface area contributed by atoms with E-state index in [-0.39, 0.29) is 4.90 Å². The van der Waals surface area contributed by atoms with Crippen LogP contribution < -0.4 is 16.2 Å². The Morgan fingerprint density at radius 1 is 1.44 bits per heavy atom. The topological polar surface area (TPSA) is 107 Å². The molecule has 0 saturated heterocycles. The Morgan fingerprint density at radius 3 is 2.61 bits per heavy atom. The predicted molar refractivity (Wildman–Crippen MR) is 71.8 cm³/mol. The van der Waals surface area contributed by atoms with Crippen LogP contribution in [0.2, 0.25) is 0 Å². The molecule has 0 spiro atoms. The molecule has 0 aliphatic carbocycles. The number of anilines is 2. The Hall–Kier alpha value is -1.31. The molecule has 0 aliphatic heterocycles. The smallest absolute Gasteiger partial charge is 0.238 e. The summed E-state index contributed by atoms with van der Waals surface area (Å²) in [5.74, 6) is 0.326. The molecule has 0 aromatic heterocycles. The maximum atomic E-state index is 11.1. The Bertz CT molecular complexity index is 502. The minimum Gasteiger partial charge on any atom is -0.397 e. The summed E-state index contributed by atoms with van der Waals surface area (Å²) in [4.78, 5) is 0.00971. The third-order valence-electron chi connectivity index (χ3n) is 2.44. The van der Waals surface area contributed by atoms with Crippen LogP contribution in [0.15, 0.2) is 23.1 Å². The molecular formula is C11H19N3O3S. The van der Waals surface area contributed by atoms with Crippen LogP contribution in [0.5, 0.6) is 0 Å². The number of nitrogen functional groups attached to an aromatic ring is 1. The summed E-state index contributed by atoms with van der Waals surface area (Å²) in [5, 5.41) is 8.15. The zero-order chi connectivity index (χ0) is 13.8. The van der Waals surface area contributed by atoms with Gasteiger partial charge in [-0.1, -0.05) is 6.92 Å². The first-order valence-corrected chi connectivity index (χ1v) is 7.04. The Morgan fingerprint density at radius 2 is 2.11 bits per heavy atom. The molecule has 7 heteroatoms. The van der Waals surface area contributed by atoms with Gasteiger partial charge in [0.05, 0.1) is 22.9 Å². The fraction of sp³-hybridized carbons (Fsp3) is 0.455. The quantitative estimate of drug-likeness (QED) is 0.658. The molecule has 18 heavy (non-hydrogen) atoms. The van der Waals surface area contributed by atoms with Crippen molar-refractivity contribution in [3.63, 3.8) is 0 Å². The number of hydrogen-bond donors (Lipinski definition) is 3. The molecule has 0 amide bonds. The molecule has 1 aromatic rings. The second-order valence-corrected chi connectivity index (χ2v) is 5.80. The van der Waals surface area contributed by atoms with E-state index >= 15 is 0 Å². The van der Waals surface area contributed by atoms with Gasteiger partial charge in [0.2, 0.25) is 10.0 Å². The molecule has 0 radical (unpaired) electrons. The highest BCUT2D eigenvalue weighted by Gasteiger charge is 2.10. The summed E-state index contributed by atoms with van der Waals surface area (Å²) >= 11 is 0. The van der Waals surface area contributed by atoms with Gasteiger partial charge in [0, 0.05) is 13.7 Å². The lowest BCUT2D eigenvalue weighted by Gasteiger charge is -2.14. The largest absolute Gasteiger partial charge is 0.397 e. The van der Waals surface area contributed by atoms with Crippen molar-refractivity contribution in [3.05, 3.63) is 18.2 Å². The van der Waals surface area contributed by atoms with E-state index in [9.17, 15) is 8.42 Å². The van der Waals surface area contributed by atoms with Gasteiger partial charge >= 0.3 is 0 Å². The highest BCUT2D eigenvalue weighted by molar-refractivity contribution is 7.89. The van der Waals surface area contributed by atoms with Crippen molar-refractivity contribution in [1.29, 1.82) is 0 Å². The van der Waals surface area contributed by atoms with Crippen LogP contribution in [0, 0.1) is 5.92 Å². The molecule has 0 saturated carbocycles. The molecule has 1 atom stereocenters. The SMILES string of the molecule is COCC(C)CNc1ccc(S(N)(=O)=O)cc1N. The second kappa shape index (κ2) is 6.03. The molecule has 1 rings (SSSR count). The van der Waals surface area contributed by atoms with Gasteiger partial charge in [0.1, 0.15) is 0 Å². The molecular weight excluding hydrogens is 254 g/mol. The minimum atomic E-state index is -3.71. The van der Waals surface area contributed by atoms with Crippen LogP contribution in [0.4, 0.5) is 11.4 Å². The number of hydrogen-bond acceptors (Lipinski definition) is 5. The van der Waals surface area contributed by atoms with Crippen molar-refractivity contribution in [2.45, 2.75) is 11.8 Å². The second-order valence-electron chi connectivity index (χ2n) is 4.24. The summed E-state index contributed by atoms with van der Waals surface area (Å²) in [6, 6.07) is 4.38. The molecule has 1 aromatic carbocycles. The van der Waals surface area contributed by atoms with Gasteiger partial charge in [-0.05, 0) is 24.1 Å². The van der Waals surface area contributed by atoms with Crippen LogP contribution >= 0.6 is 0 Å². The van der Waals surface area contributed by atoms with E-state index in [0.717, 1.165) is 0 Å². The molecule has 0 bridgehead atoms. The van der Waals surface area contributed by atoms with Gasteiger partial charge in [-0.3, -0.25) is 0 Å².